The molecule has 2 saturated carbocycles. The number of aromatic amines is 1. The van der Waals surface area contributed by atoms with E-state index in [1.165, 1.54) is 0 Å². The summed E-state index contributed by atoms with van der Waals surface area (Å²) in [4.78, 5) is 15.3. The van der Waals surface area contributed by atoms with Crippen LogP contribution in [0.15, 0.2) is 18.2 Å². The Morgan fingerprint density at radius 1 is 1.35 bits per heavy atom. The second-order valence-corrected chi connectivity index (χ2v) is 8.26. The van der Waals surface area contributed by atoms with E-state index in [2.05, 4.69) is 10.3 Å². The lowest BCUT2D eigenvalue weighted by Crippen LogP contribution is -2.38. The Balaban J connectivity index is 1.40. The van der Waals surface area contributed by atoms with Crippen LogP contribution in [0.1, 0.15) is 38.3 Å². The minimum absolute atomic E-state index is 0.0792. The third kappa shape index (κ3) is 3.52. The molecule has 7 heteroatoms. The molecule has 2 aliphatic carbocycles. The minimum atomic E-state index is -2.54. The summed E-state index contributed by atoms with van der Waals surface area (Å²) in [6, 6.07) is 5.50. The van der Waals surface area contributed by atoms with Crippen LogP contribution in [0.2, 0.25) is 5.02 Å². The fraction of sp³-hybridized carbons (Fsp3) is 0.526. The van der Waals surface area contributed by atoms with E-state index in [1.807, 2.05) is 13.0 Å². The molecule has 4 rings (SSSR count). The van der Waals surface area contributed by atoms with Gasteiger partial charge in [0.2, 0.25) is 11.8 Å². The lowest BCUT2D eigenvalue weighted by molar-refractivity contribution is -0.125. The van der Waals surface area contributed by atoms with Gasteiger partial charge in [-0.3, -0.25) is 4.79 Å². The highest BCUT2D eigenvalue weighted by molar-refractivity contribution is 6.32. The number of fused-ring (bicyclic) bond motifs is 1. The van der Waals surface area contributed by atoms with Crippen molar-refractivity contribution in [1.29, 1.82) is 0 Å². The van der Waals surface area contributed by atoms with Crippen molar-refractivity contribution < 1.29 is 18.3 Å². The first kappa shape index (κ1) is 17.6. The molecule has 0 radical (unpaired) electrons. The quantitative estimate of drug-likeness (QED) is 0.763. The molecule has 0 bridgehead atoms. The predicted octanol–water partition coefficient (Wildman–Crippen LogP) is 4.66. The molecule has 2 aliphatic rings. The predicted molar refractivity (Wildman–Crippen MR) is 95.7 cm³/mol. The Hall–Kier alpha value is -1.82. The number of carbonyl (C=O) groups is 1. The monoisotopic (exact) mass is 382 g/mol. The normalized spacial score (nSPS) is 20.6. The van der Waals surface area contributed by atoms with Gasteiger partial charge in [-0.2, -0.15) is 0 Å². The molecule has 2 fully saturated rings. The van der Waals surface area contributed by atoms with Crippen LogP contribution >= 0.6 is 11.6 Å². The van der Waals surface area contributed by atoms with E-state index < -0.39 is 5.92 Å². The molecule has 0 atom stereocenters. The fourth-order valence-corrected chi connectivity index (χ4v) is 3.54. The summed E-state index contributed by atoms with van der Waals surface area (Å²) in [5.41, 5.74) is 1.52. The van der Waals surface area contributed by atoms with Crippen molar-refractivity contribution >= 4 is 28.4 Å². The molecule has 2 N–H and O–H groups in total. The second kappa shape index (κ2) is 6.12. The Kier molecular flexibility index (Phi) is 4.14. The highest BCUT2D eigenvalue weighted by Crippen LogP contribution is 2.45. The smallest absolute Gasteiger partial charge is 0.248 e. The van der Waals surface area contributed by atoms with E-state index in [9.17, 15) is 13.6 Å². The van der Waals surface area contributed by atoms with Crippen LogP contribution < -0.4 is 10.1 Å². The summed E-state index contributed by atoms with van der Waals surface area (Å²) < 4.78 is 31.4. The molecule has 1 heterocycles. The van der Waals surface area contributed by atoms with Gasteiger partial charge in [0.25, 0.3) is 0 Å². The number of benzene rings is 1. The summed E-state index contributed by atoms with van der Waals surface area (Å²) >= 11 is 6.25. The number of H-pyrrole nitrogens is 1. The molecular weight excluding hydrogens is 362 g/mol. The summed E-state index contributed by atoms with van der Waals surface area (Å²) in [7, 11) is 0. The lowest BCUT2D eigenvalue weighted by Gasteiger charge is -2.34. The Labute approximate surface area is 155 Å². The van der Waals surface area contributed by atoms with Crippen LogP contribution in [0.5, 0.6) is 5.75 Å². The first-order chi connectivity index (χ1) is 12.2. The number of halogens is 3. The summed E-state index contributed by atoms with van der Waals surface area (Å²) in [5, 5.41) is 4.31. The molecule has 1 amide bonds. The number of carbonyl (C=O) groups excluding carboxylic acids is 1. The Bertz CT molecular complexity index is 853. The van der Waals surface area contributed by atoms with Crippen LogP contribution in [0.3, 0.4) is 0 Å². The van der Waals surface area contributed by atoms with Crippen LogP contribution in [-0.2, 0) is 11.3 Å². The number of aromatic nitrogens is 1. The van der Waals surface area contributed by atoms with Gasteiger partial charge in [-0.05, 0) is 25.0 Å². The second-order valence-electron chi connectivity index (χ2n) is 7.85. The molecule has 1 aromatic carbocycles. The minimum Gasteiger partial charge on any atom is -0.492 e. The maximum atomic E-state index is 12.9. The average Bonchev–Trinajstić information content (AvgIpc) is 3.18. The van der Waals surface area contributed by atoms with Gasteiger partial charge in [-0.1, -0.05) is 18.5 Å². The molecular formula is C19H21ClF2N2O2. The number of nitrogens with one attached hydrogen (secondary N) is 2. The van der Waals surface area contributed by atoms with Gasteiger partial charge in [0.05, 0.1) is 18.2 Å². The molecule has 0 saturated heterocycles. The zero-order valence-corrected chi connectivity index (χ0v) is 15.3. The van der Waals surface area contributed by atoms with Gasteiger partial charge in [-0.15, -0.1) is 0 Å². The topological polar surface area (TPSA) is 54.1 Å². The van der Waals surface area contributed by atoms with Crippen LogP contribution in [0.25, 0.3) is 10.9 Å². The van der Waals surface area contributed by atoms with Gasteiger partial charge in [0.15, 0.2) is 0 Å². The average molecular weight is 383 g/mol. The molecule has 0 spiro atoms. The third-order valence-electron chi connectivity index (χ3n) is 5.37. The van der Waals surface area contributed by atoms with Crippen molar-refractivity contribution in [1.82, 2.24) is 10.3 Å². The van der Waals surface area contributed by atoms with Crippen LogP contribution in [0.4, 0.5) is 8.78 Å². The van der Waals surface area contributed by atoms with Crippen molar-refractivity contribution in [3.05, 3.63) is 28.9 Å². The molecule has 0 aliphatic heterocycles. The lowest BCUT2D eigenvalue weighted by atomic mass is 9.82. The Morgan fingerprint density at radius 2 is 2.08 bits per heavy atom. The number of ether oxygens (including phenoxy) is 1. The number of hydrogen-bond donors (Lipinski definition) is 2. The van der Waals surface area contributed by atoms with E-state index >= 15 is 0 Å². The van der Waals surface area contributed by atoms with E-state index in [-0.39, 0.29) is 36.7 Å². The van der Waals surface area contributed by atoms with E-state index in [4.69, 9.17) is 16.3 Å². The first-order valence-corrected chi connectivity index (χ1v) is 9.22. The van der Waals surface area contributed by atoms with Crippen molar-refractivity contribution in [2.24, 2.45) is 11.3 Å². The summed E-state index contributed by atoms with van der Waals surface area (Å²) in [5.74, 6) is -2.11. The summed E-state index contributed by atoms with van der Waals surface area (Å²) in [6.45, 7) is 2.63. The molecule has 4 nitrogen and oxygen atoms in total. The van der Waals surface area contributed by atoms with E-state index in [1.54, 1.807) is 12.1 Å². The number of amides is 1. The molecule has 0 unspecified atom stereocenters. The first-order valence-electron chi connectivity index (χ1n) is 8.84. The fourth-order valence-electron chi connectivity index (χ4n) is 3.31. The highest BCUT2D eigenvalue weighted by atomic mass is 35.5. The van der Waals surface area contributed by atoms with Gasteiger partial charge >= 0.3 is 0 Å². The van der Waals surface area contributed by atoms with Crippen molar-refractivity contribution in [3.63, 3.8) is 0 Å². The van der Waals surface area contributed by atoms with Crippen LogP contribution in [-0.4, -0.2) is 23.4 Å². The molecule has 140 valence electrons. The zero-order valence-electron chi connectivity index (χ0n) is 14.5. The highest BCUT2D eigenvalue weighted by Gasteiger charge is 2.45. The van der Waals surface area contributed by atoms with Gasteiger partial charge in [0, 0.05) is 46.8 Å². The van der Waals surface area contributed by atoms with Crippen molar-refractivity contribution in [2.45, 2.75) is 45.1 Å². The third-order valence-corrected chi connectivity index (χ3v) is 5.66. The van der Waals surface area contributed by atoms with E-state index in [0.717, 1.165) is 29.4 Å². The molecule has 2 aromatic rings. The number of rotatable bonds is 6. The SMILES string of the molecule is CC1(C(=O)NCc2cc3cc(Cl)c(OCC4CC(F)(F)C4)cc3[nH]2)CC1. The maximum Gasteiger partial charge on any atom is 0.248 e. The largest absolute Gasteiger partial charge is 0.492 e. The van der Waals surface area contributed by atoms with Gasteiger partial charge in [-0.25, -0.2) is 8.78 Å². The zero-order chi connectivity index (χ0) is 18.5. The molecule has 26 heavy (non-hydrogen) atoms. The van der Waals surface area contributed by atoms with Gasteiger partial charge in [0.1, 0.15) is 5.75 Å². The van der Waals surface area contributed by atoms with Crippen molar-refractivity contribution in [3.8, 4) is 5.75 Å². The molecule has 1 aromatic heterocycles. The Morgan fingerprint density at radius 3 is 2.73 bits per heavy atom. The standard InChI is InChI=1S/C19H21ClF2N2O2/c1-18(2-3-18)17(25)23-9-13-4-12-5-14(20)16(6-15(12)24-13)26-10-11-7-19(21,22)8-11/h4-6,11,24H,2-3,7-10H2,1H3,(H,23,25). The maximum absolute atomic E-state index is 12.9. The number of hydrogen-bond acceptors (Lipinski definition) is 2. The summed E-state index contributed by atoms with van der Waals surface area (Å²) in [6.07, 6.45) is 1.62. The van der Waals surface area contributed by atoms with E-state index in [0.29, 0.717) is 17.3 Å². The van der Waals surface area contributed by atoms with Crippen molar-refractivity contribution in [2.75, 3.05) is 6.61 Å². The number of alkyl halides is 2. The van der Waals surface area contributed by atoms with Crippen LogP contribution in [0, 0.1) is 11.3 Å². The van der Waals surface area contributed by atoms with Gasteiger partial charge < -0.3 is 15.0 Å².